The van der Waals surface area contributed by atoms with Crippen molar-refractivity contribution in [1.82, 2.24) is 15.6 Å². The highest BCUT2D eigenvalue weighted by Crippen LogP contribution is 2.10. The first kappa shape index (κ1) is 13.9. The van der Waals surface area contributed by atoms with E-state index in [0.717, 1.165) is 11.3 Å². The maximum absolute atomic E-state index is 11.5. The van der Waals surface area contributed by atoms with Gasteiger partial charge in [0.1, 0.15) is 5.75 Å². The van der Waals surface area contributed by atoms with Crippen LogP contribution >= 0.6 is 0 Å². The monoisotopic (exact) mass is 271 g/mol. The van der Waals surface area contributed by atoms with E-state index in [-0.39, 0.29) is 12.8 Å². The van der Waals surface area contributed by atoms with E-state index in [2.05, 4.69) is 15.6 Å². The summed E-state index contributed by atoms with van der Waals surface area (Å²) in [6.07, 6.45) is 3.38. The molecule has 0 aliphatic carbocycles. The number of carbonyl (C=O) groups is 1. The Kier molecular flexibility index (Phi) is 4.94. The fraction of sp³-hybridized carbons (Fsp3) is 0.200. The average Bonchev–Trinajstić information content (AvgIpc) is 2.48. The van der Waals surface area contributed by atoms with Crippen molar-refractivity contribution in [2.24, 2.45) is 0 Å². The highest BCUT2D eigenvalue weighted by Gasteiger charge is 2.00. The number of benzene rings is 1. The number of nitrogens with zero attached hydrogens (tertiary/aromatic N) is 1. The smallest absolute Gasteiger partial charge is 0.317 e. The molecule has 0 aliphatic rings. The molecule has 0 saturated carbocycles. The molecule has 20 heavy (non-hydrogen) atoms. The van der Waals surface area contributed by atoms with E-state index < -0.39 is 0 Å². The van der Waals surface area contributed by atoms with Gasteiger partial charge in [0.05, 0.1) is 0 Å². The van der Waals surface area contributed by atoms with Crippen molar-refractivity contribution in [2.75, 3.05) is 6.73 Å². The quantitative estimate of drug-likeness (QED) is 0.820. The van der Waals surface area contributed by atoms with Gasteiger partial charge in [0, 0.05) is 18.9 Å². The second-order valence-corrected chi connectivity index (χ2v) is 4.32. The topological polar surface area (TPSA) is 63.2 Å². The summed E-state index contributed by atoms with van der Waals surface area (Å²) in [7, 11) is 0. The predicted octanol–water partition coefficient (Wildman–Crippen LogP) is 2.23. The van der Waals surface area contributed by atoms with E-state index in [4.69, 9.17) is 4.74 Å². The molecule has 0 radical (unpaired) electrons. The van der Waals surface area contributed by atoms with Gasteiger partial charge in [0.25, 0.3) is 0 Å². The molecule has 1 heterocycles. The lowest BCUT2D eigenvalue weighted by Crippen LogP contribution is -2.37. The molecule has 5 nitrogen and oxygen atoms in total. The summed E-state index contributed by atoms with van der Waals surface area (Å²) in [4.78, 5) is 15.5. The van der Waals surface area contributed by atoms with Crippen LogP contribution in [0.4, 0.5) is 4.79 Å². The Balaban J connectivity index is 1.66. The van der Waals surface area contributed by atoms with Gasteiger partial charge in [0.15, 0.2) is 6.73 Å². The lowest BCUT2D eigenvalue weighted by molar-refractivity contribution is 0.223. The SMILES string of the molecule is Cc1ccc(OCNC(=O)NCc2ccncc2)cc1. The number of nitrogens with one attached hydrogen (secondary N) is 2. The third-order valence-electron chi connectivity index (χ3n) is 2.69. The predicted molar refractivity (Wildman–Crippen MR) is 76.3 cm³/mol. The number of carbonyl (C=O) groups excluding carboxylic acids is 1. The van der Waals surface area contributed by atoms with Crippen LogP contribution in [0.25, 0.3) is 0 Å². The molecular weight excluding hydrogens is 254 g/mol. The number of ether oxygens (including phenoxy) is 1. The maximum atomic E-state index is 11.5. The molecule has 0 fully saturated rings. The summed E-state index contributed by atoms with van der Waals surface area (Å²) in [5.41, 5.74) is 2.16. The molecule has 2 amide bonds. The van der Waals surface area contributed by atoms with Crippen LogP contribution < -0.4 is 15.4 Å². The van der Waals surface area contributed by atoms with Crippen molar-refractivity contribution in [3.63, 3.8) is 0 Å². The second kappa shape index (κ2) is 7.13. The molecular formula is C15H17N3O2. The first-order valence-corrected chi connectivity index (χ1v) is 6.34. The summed E-state index contributed by atoms with van der Waals surface area (Å²) in [5.74, 6) is 0.727. The third kappa shape index (κ3) is 4.61. The lowest BCUT2D eigenvalue weighted by Gasteiger charge is -2.09. The minimum atomic E-state index is -0.270. The molecule has 1 aromatic heterocycles. The van der Waals surface area contributed by atoms with Crippen molar-refractivity contribution >= 4 is 6.03 Å². The third-order valence-corrected chi connectivity index (χ3v) is 2.69. The van der Waals surface area contributed by atoms with E-state index in [1.165, 1.54) is 5.56 Å². The number of aryl methyl sites for hydroxylation is 1. The molecule has 104 valence electrons. The number of urea groups is 1. The fourth-order valence-corrected chi connectivity index (χ4v) is 1.56. The van der Waals surface area contributed by atoms with Crippen LogP contribution in [0.5, 0.6) is 5.75 Å². The zero-order valence-corrected chi connectivity index (χ0v) is 11.3. The van der Waals surface area contributed by atoms with E-state index in [1.807, 2.05) is 43.3 Å². The number of hydrogen-bond donors (Lipinski definition) is 2. The molecule has 0 atom stereocenters. The van der Waals surface area contributed by atoms with Gasteiger partial charge in [0.2, 0.25) is 0 Å². The molecule has 0 aliphatic heterocycles. The Hall–Kier alpha value is -2.56. The number of rotatable bonds is 5. The van der Waals surface area contributed by atoms with E-state index in [9.17, 15) is 4.79 Å². The summed E-state index contributed by atoms with van der Waals surface area (Å²) in [6, 6.07) is 11.1. The maximum Gasteiger partial charge on any atom is 0.317 e. The first-order chi connectivity index (χ1) is 9.74. The van der Waals surface area contributed by atoms with Gasteiger partial charge < -0.3 is 15.4 Å². The fourth-order valence-electron chi connectivity index (χ4n) is 1.56. The molecule has 5 heteroatoms. The molecule has 0 spiro atoms. The van der Waals surface area contributed by atoms with Crippen LogP contribution in [0, 0.1) is 6.92 Å². The summed E-state index contributed by atoms with van der Waals surface area (Å²) < 4.78 is 5.40. The van der Waals surface area contributed by atoms with Crippen molar-refractivity contribution in [3.8, 4) is 5.75 Å². The van der Waals surface area contributed by atoms with E-state index >= 15 is 0 Å². The Morgan fingerprint density at radius 2 is 1.80 bits per heavy atom. The highest BCUT2D eigenvalue weighted by atomic mass is 16.5. The minimum Gasteiger partial charge on any atom is -0.473 e. The second-order valence-electron chi connectivity index (χ2n) is 4.32. The van der Waals surface area contributed by atoms with E-state index in [1.54, 1.807) is 12.4 Å². The van der Waals surface area contributed by atoms with Gasteiger partial charge in [-0.3, -0.25) is 4.98 Å². The summed E-state index contributed by atoms with van der Waals surface area (Å²) in [5, 5.41) is 5.36. The lowest BCUT2D eigenvalue weighted by atomic mass is 10.2. The average molecular weight is 271 g/mol. The molecule has 1 aromatic carbocycles. The Bertz CT molecular complexity index is 541. The van der Waals surface area contributed by atoms with Crippen LogP contribution in [0.15, 0.2) is 48.8 Å². The summed E-state index contributed by atoms with van der Waals surface area (Å²) in [6.45, 7) is 2.60. The van der Waals surface area contributed by atoms with Crippen LogP contribution in [0.2, 0.25) is 0 Å². The number of amides is 2. The standard InChI is InChI=1S/C15H17N3O2/c1-12-2-4-14(5-3-12)20-11-18-15(19)17-10-13-6-8-16-9-7-13/h2-9H,10-11H2,1H3,(H2,17,18,19). The van der Waals surface area contributed by atoms with Gasteiger partial charge in [-0.2, -0.15) is 0 Å². The highest BCUT2D eigenvalue weighted by molar-refractivity contribution is 5.73. The summed E-state index contributed by atoms with van der Waals surface area (Å²) >= 11 is 0. The van der Waals surface area contributed by atoms with Gasteiger partial charge in [-0.15, -0.1) is 0 Å². The largest absolute Gasteiger partial charge is 0.473 e. The Labute approximate surface area is 118 Å². The molecule has 0 bridgehead atoms. The Morgan fingerprint density at radius 1 is 1.10 bits per heavy atom. The van der Waals surface area contributed by atoms with Gasteiger partial charge in [-0.05, 0) is 36.8 Å². The molecule has 2 N–H and O–H groups in total. The molecule has 2 rings (SSSR count). The van der Waals surface area contributed by atoms with E-state index in [0.29, 0.717) is 6.54 Å². The van der Waals surface area contributed by atoms with Crippen molar-refractivity contribution in [1.29, 1.82) is 0 Å². The molecule has 0 unspecified atom stereocenters. The number of aromatic nitrogens is 1. The van der Waals surface area contributed by atoms with Gasteiger partial charge >= 0.3 is 6.03 Å². The Morgan fingerprint density at radius 3 is 2.50 bits per heavy atom. The van der Waals surface area contributed by atoms with Crippen molar-refractivity contribution < 1.29 is 9.53 Å². The number of hydrogen-bond acceptors (Lipinski definition) is 3. The van der Waals surface area contributed by atoms with Crippen molar-refractivity contribution in [3.05, 3.63) is 59.9 Å². The zero-order valence-electron chi connectivity index (χ0n) is 11.3. The van der Waals surface area contributed by atoms with Gasteiger partial charge in [-0.25, -0.2) is 4.79 Å². The first-order valence-electron chi connectivity index (χ1n) is 6.34. The van der Waals surface area contributed by atoms with Crippen LogP contribution in [0.3, 0.4) is 0 Å². The van der Waals surface area contributed by atoms with Crippen molar-refractivity contribution in [2.45, 2.75) is 13.5 Å². The zero-order chi connectivity index (χ0) is 14.2. The van der Waals surface area contributed by atoms with Crippen LogP contribution in [-0.4, -0.2) is 17.7 Å². The van der Waals surface area contributed by atoms with Gasteiger partial charge in [-0.1, -0.05) is 17.7 Å². The molecule has 2 aromatic rings. The normalized spacial score (nSPS) is 9.85. The number of pyridine rings is 1. The van der Waals surface area contributed by atoms with Crippen LogP contribution in [0.1, 0.15) is 11.1 Å². The minimum absolute atomic E-state index is 0.130. The molecule has 0 saturated heterocycles. The van der Waals surface area contributed by atoms with Crippen LogP contribution in [-0.2, 0) is 6.54 Å².